The normalized spacial score (nSPS) is 12.3. The minimum Gasteiger partial charge on any atom is -0.493 e. The largest absolute Gasteiger partial charge is 0.493 e. The lowest BCUT2D eigenvalue weighted by atomic mass is 10.1. The standard InChI is InChI=1S/C12H14ClN3O3/c1-6-15-12(16-19-6)10(14)7-4-5-8(17-2)11(18-3)9(7)13/h4-5,10H,14H2,1-3H3. The van der Waals surface area contributed by atoms with Crippen LogP contribution in [0.5, 0.6) is 11.5 Å². The number of aryl methyl sites for hydroxylation is 1. The molecule has 2 aromatic rings. The Morgan fingerprint density at radius 1 is 1.32 bits per heavy atom. The number of aromatic nitrogens is 2. The molecule has 0 saturated carbocycles. The van der Waals surface area contributed by atoms with Crippen LogP contribution in [0.3, 0.4) is 0 Å². The van der Waals surface area contributed by atoms with Crippen LogP contribution in [0.25, 0.3) is 0 Å². The van der Waals surface area contributed by atoms with Gasteiger partial charge in [0.05, 0.1) is 25.3 Å². The van der Waals surface area contributed by atoms with Gasteiger partial charge in [0.1, 0.15) is 0 Å². The number of hydrogen-bond donors (Lipinski definition) is 1. The summed E-state index contributed by atoms with van der Waals surface area (Å²) in [7, 11) is 3.05. The molecule has 0 fully saturated rings. The van der Waals surface area contributed by atoms with Crippen molar-refractivity contribution in [3.05, 3.63) is 34.4 Å². The number of benzene rings is 1. The van der Waals surface area contributed by atoms with Gasteiger partial charge in [-0.15, -0.1) is 0 Å². The number of methoxy groups -OCH3 is 2. The average molecular weight is 284 g/mol. The summed E-state index contributed by atoms with van der Waals surface area (Å²) in [5.41, 5.74) is 6.72. The van der Waals surface area contributed by atoms with Gasteiger partial charge in [-0.2, -0.15) is 4.98 Å². The summed E-state index contributed by atoms with van der Waals surface area (Å²) in [6, 6.07) is 2.89. The molecule has 1 atom stereocenters. The zero-order valence-corrected chi connectivity index (χ0v) is 11.6. The second-order valence-electron chi connectivity index (χ2n) is 3.85. The number of nitrogens with two attached hydrogens (primary N) is 1. The van der Waals surface area contributed by atoms with E-state index in [-0.39, 0.29) is 0 Å². The molecule has 6 nitrogen and oxygen atoms in total. The van der Waals surface area contributed by atoms with Crippen molar-refractivity contribution in [2.75, 3.05) is 14.2 Å². The molecule has 1 aromatic heterocycles. The molecule has 0 spiro atoms. The van der Waals surface area contributed by atoms with E-state index in [0.717, 1.165) is 0 Å². The Kier molecular flexibility index (Phi) is 3.92. The van der Waals surface area contributed by atoms with Crippen LogP contribution < -0.4 is 15.2 Å². The summed E-state index contributed by atoms with van der Waals surface area (Å²) in [4.78, 5) is 4.09. The van der Waals surface area contributed by atoms with E-state index in [9.17, 15) is 0 Å². The fourth-order valence-electron chi connectivity index (χ4n) is 1.73. The molecule has 0 radical (unpaired) electrons. The van der Waals surface area contributed by atoms with Crippen LogP contribution in [0.4, 0.5) is 0 Å². The smallest absolute Gasteiger partial charge is 0.223 e. The number of rotatable bonds is 4. The summed E-state index contributed by atoms with van der Waals surface area (Å²) in [6.45, 7) is 1.69. The van der Waals surface area contributed by atoms with Gasteiger partial charge in [0.15, 0.2) is 17.3 Å². The van der Waals surface area contributed by atoms with Crippen molar-refractivity contribution in [2.45, 2.75) is 13.0 Å². The van der Waals surface area contributed by atoms with Gasteiger partial charge >= 0.3 is 0 Å². The van der Waals surface area contributed by atoms with E-state index in [1.165, 1.54) is 14.2 Å². The highest BCUT2D eigenvalue weighted by molar-refractivity contribution is 6.33. The highest BCUT2D eigenvalue weighted by Gasteiger charge is 2.22. The predicted octanol–water partition coefficient (Wildman–Crippen LogP) is 2.10. The van der Waals surface area contributed by atoms with Crippen molar-refractivity contribution in [3.63, 3.8) is 0 Å². The lowest BCUT2D eigenvalue weighted by Gasteiger charge is -2.15. The van der Waals surface area contributed by atoms with Gasteiger partial charge < -0.3 is 19.7 Å². The second-order valence-corrected chi connectivity index (χ2v) is 4.23. The summed E-state index contributed by atoms with van der Waals surface area (Å²) in [6.07, 6.45) is 0. The molecule has 1 heterocycles. The fourth-order valence-corrected chi connectivity index (χ4v) is 2.08. The van der Waals surface area contributed by atoms with Gasteiger partial charge in [0, 0.05) is 6.92 Å². The van der Waals surface area contributed by atoms with Crippen molar-refractivity contribution in [2.24, 2.45) is 5.73 Å². The van der Waals surface area contributed by atoms with E-state index >= 15 is 0 Å². The maximum Gasteiger partial charge on any atom is 0.223 e. The van der Waals surface area contributed by atoms with Crippen molar-refractivity contribution >= 4 is 11.6 Å². The van der Waals surface area contributed by atoms with Gasteiger partial charge in [-0.05, 0) is 11.6 Å². The van der Waals surface area contributed by atoms with Gasteiger partial charge in [0.2, 0.25) is 5.89 Å². The molecule has 1 aromatic carbocycles. The first-order chi connectivity index (χ1) is 9.08. The number of nitrogens with zero attached hydrogens (tertiary/aromatic N) is 2. The minimum absolute atomic E-state index is 0.367. The highest BCUT2D eigenvalue weighted by Crippen LogP contribution is 2.39. The van der Waals surface area contributed by atoms with Gasteiger partial charge in [-0.25, -0.2) is 0 Å². The van der Waals surface area contributed by atoms with E-state index < -0.39 is 6.04 Å². The van der Waals surface area contributed by atoms with Crippen LogP contribution in [0.15, 0.2) is 16.7 Å². The molecule has 0 aliphatic carbocycles. The Labute approximate surface area is 115 Å². The minimum atomic E-state index is -0.593. The van der Waals surface area contributed by atoms with E-state index in [2.05, 4.69) is 10.1 Å². The van der Waals surface area contributed by atoms with Crippen molar-refractivity contribution in [3.8, 4) is 11.5 Å². The Bertz CT molecular complexity index is 586. The van der Waals surface area contributed by atoms with Crippen molar-refractivity contribution < 1.29 is 14.0 Å². The monoisotopic (exact) mass is 283 g/mol. The summed E-state index contributed by atoms with van der Waals surface area (Å²) in [5, 5.41) is 4.16. The number of hydrogen-bond acceptors (Lipinski definition) is 6. The molecule has 2 rings (SSSR count). The van der Waals surface area contributed by atoms with Crippen LogP contribution in [-0.4, -0.2) is 24.4 Å². The fraction of sp³-hybridized carbons (Fsp3) is 0.333. The second kappa shape index (κ2) is 5.46. The zero-order valence-electron chi connectivity index (χ0n) is 10.8. The molecule has 1 unspecified atom stereocenters. The third kappa shape index (κ3) is 2.50. The summed E-state index contributed by atoms with van der Waals surface area (Å²) >= 11 is 6.27. The Morgan fingerprint density at radius 3 is 2.58 bits per heavy atom. The zero-order chi connectivity index (χ0) is 14.0. The lowest BCUT2D eigenvalue weighted by Crippen LogP contribution is -2.14. The maximum atomic E-state index is 6.27. The molecule has 19 heavy (non-hydrogen) atoms. The molecule has 0 bridgehead atoms. The van der Waals surface area contributed by atoms with Gasteiger partial charge in [0.25, 0.3) is 0 Å². The molecule has 0 aliphatic rings. The summed E-state index contributed by atoms with van der Waals surface area (Å²) < 4.78 is 15.3. The van der Waals surface area contributed by atoms with Crippen LogP contribution in [0, 0.1) is 6.92 Å². The first-order valence-corrected chi connectivity index (χ1v) is 5.92. The molecule has 0 aliphatic heterocycles. The van der Waals surface area contributed by atoms with E-state index in [1.54, 1.807) is 19.1 Å². The molecule has 2 N–H and O–H groups in total. The average Bonchev–Trinajstić information content (AvgIpc) is 2.84. The molecule has 0 saturated heterocycles. The topological polar surface area (TPSA) is 83.4 Å². The first-order valence-electron chi connectivity index (χ1n) is 5.54. The van der Waals surface area contributed by atoms with E-state index in [1.807, 2.05) is 0 Å². The first kappa shape index (κ1) is 13.6. The third-order valence-electron chi connectivity index (χ3n) is 2.67. The van der Waals surface area contributed by atoms with Crippen LogP contribution in [0.2, 0.25) is 5.02 Å². The summed E-state index contributed by atoms with van der Waals surface area (Å²) in [5.74, 6) is 1.78. The Balaban J connectivity index is 2.45. The van der Waals surface area contributed by atoms with Gasteiger partial charge in [-0.3, -0.25) is 0 Å². The predicted molar refractivity (Wildman–Crippen MR) is 69.6 cm³/mol. The number of halogens is 1. The SMILES string of the molecule is COc1ccc(C(N)c2noc(C)n2)c(Cl)c1OC. The van der Waals surface area contributed by atoms with E-state index in [4.69, 9.17) is 31.3 Å². The molecule has 7 heteroatoms. The maximum absolute atomic E-state index is 6.27. The Hall–Kier alpha value is -1.79. The van der Waals surface area contributed by atoms with Crippen LogP contribution >= 0.6 is 11.6 Å². The quantitative estimate of drug-likeness (QED) is 0.925. The lowest BCUT2D eigenvalue weighted by molar-refractivity contribution is 0.354. The molecular weight excluding hydrogens is 270 g/mol. The molecular formula is C12H14ClN3O3. The Morgan fingerprint density at radius 2 is 2.05 bits per heavy atom. The molecule has 0 amide bonds. The van der Waals surface area contributed by atoms with Crippen molar-refractivity contribution in [1.82, 2.24) is 10.1 Å². The number of ether oxygens (including phenoxy) is 2. The highest BCUT2D eigenvalue weighted by atomic mass is 35.5. The van der Waals surface area contributed by atoms with Crippen LogP contribution in [0.1, 0.15) is 23.3 Å². The van der Waals surface area contributed by atoms with E-state index in [0.29, 0.717) is 33.8 Å². The molecule has 102 valence electrons. The van der Waals surface area contributed by atoms with Crippen LogP contribution in [-0.2, 0) is 0 Å². The van der Waals surface area contributed by atoms with Gasteiger partial charge in [-0.1, -0.05) is 22.8 Å². The third-order valence-corrected chi connectivity index (χ3v) is 3.06. The van der Waals surface area contributed by atoms with Crippen molar-refractivity contribution in [1.29, 1.82) is 0 Å².